The highest BCUT2D eigenvalue weighted by atomic mass is 79.9. The minimum absolute atomic E-state index is 0.245. The zero-order valence-corrected chi connectivity index (χ0v) is 12.0. The van der Waals surface area contributed by atoms with E-state index in [0.29, 0.717) is 12.6 Å². The highest BCUT2D eigenvalue weighted by Crippen LogP contribution is 2.35. The average Bonchev–Trinajstić information content (AvgIpc) is 3.22. The van der Waals surface area contributed by atoms with E-state index in [1.807, 2.05) is 24.3 Å². The molecule has 0 aromatic heterocycles. The van der Waals surface area contributed by atoms with E-state index in [9.17, 15) is 4.79 Å². The maximum atomic E-state index is 12.3. The summed E-state index contributed by atoms with van der Waals surface area (Å²) >= 11 is 3.46. The summed E-state index contributed by atoms with van der Waals surface area (Å²) in [4.78, 5) is 14.7. The van der Waals surface area contributed by atoms with E-state index in [2.05, 4.69) is 20.8 Å². The van der Waals surface area contributed by atoms with E-state index in [1.54, 1.807) is 0 Å². The van der Waals surface area contributed by atoms with Crippen molar-refractivity contribution in [3.8, 4) is 0 Å². The van der Waals surface area contributed by atoms with E-state index in [-0.39, 0.29) is 5.78 Å². The molecule has 2 aliphatic carbocycles. The van der Waals surface area contributed by atoms with Crippen LogP contribution in [-0.4, -0.2) is 29.8 Å². The summed E-state index contributed by atoms with van der Waals surface area (Å²) in [5.74, 6) is 1.10. The van der Waals surface area contributed by atoms with Crippen molar-refractivity contribution in [2.75, 3.05) is 13.1 Å². The second-order valence-electron chi connectivity index (χ2n) is 5.51. The highest BCUT2D eigenvalue weighted by Gasteiger charge is 2.34. The molecule has 0 radical (unpaired) electrons. The SMILES string of the molecule is O=C(CN(CC1CC1)C1CC1)c1ccccc1Br. The Morgan fingerprint density at radius 2 is 1.94 bits per heavy atom. The van der Waals surface area contributed by atoms with Gasteiger partial charge in [-0.15, -0.1) is 0 Å². The molecule has 0 heterocycles. The molecule has 2 aliphatic rings. The van der Waals surface area contributed by atoms with Crippen LogP contribution in [0.5, 0.6) is 0 Å². The van der Waals surface area contributed by atoms with Crippen molar-refractivity contribution < 1.29 is 4.79 Å². The van der Waals surface area contributed by atoms with Crippen LogP contribution >= 0.6 is 15.9 Å². The highest BCUT2D eigenvalue weighted by molar-refractivity contribution is 9.10. The molecule has 2 nitrogen and oxygen atoms in total. The lowest BCUT2D eigenvalue weighted by molar-refractivity contribution is 0.0920. The zero-order valence-electron chi connectivity index (χ0n) is 10.4. The number of carbonyl (C=O) groups excluding carboxylic acids is 1. The molecule has 0 saturated heterocycles. The third-order valence-electron chi connectivity index (χ3n) is 3.77. The Morgan fingerprint density at radius 1 is 1.22 bits per heavy atom. The molecule has 0 spiro atoms. The molecule has 1 aromatic rings. The van der Waals surface area contributed by atoms with Crippen molar-refractivity contribution in [2.24, 2.45) is 5.92 Å². The van der Waals surface area contributed by atoms with Gasteiger partial charge in [-0.25, -0.2) is 0 Å². The van der Waals surface area contributed by atoms with Crippen molar-refractivity contribution in [1.82, 2.24) is 4.90 Å². The Hall–Kier alpha value is -0.670. The van der Waals surface area contributed by atoms with Crippen molar-refractivity contribution in [3.63, 3.8) is 0 Å². The van der Waals surface area contributed by atoms with E-state index < -0.39 is 0 Å². The first-order chi connectivity index (χ1) is 8.74. The van der Waals surface area contributed by atoms with Gasteiger partial charge in [0, 0.05) is 22.6 Å². The number of carbonyl (C=O) groups is 1. The lowest BCUT2D eigenvalue weighted by atomic mass is 10.1. The molecule has 0 atom stereocenters. The fraction of sp³-hybridized carbons (Fsp3) is 0.533. The molecular formula is C15H18BrNO. The molecule has 0 aliphatic heterocycles. The maximum absolute atomic E-state index is 12.3. The fourth-order valence-electron chi connectivity index (χ4n) is 2.37. The normalized spacial score (nSPS) is 19.2. The first kappa shape index (κ1) is 12.4. The van der Waals surface area contributed by atoms with Gasteiger partial charge in [0.2, 0.25) is 0 Å². The van der Waals surface area contributed by atoms with Gasteiger partial charge in [0.15, 0.2) is 5.78 Å². The lowest BCUT2D eigenvalue weighted by Crippen LogP contribution is -2.33. The maximum Gasteiger partial charge on any atom is 0.177 e. The summed E-state index contributed by atoms with van der Waals surface area (Å²) in [7, 11) is 0. The van der Waals surface area contributed by atoms with E-state index >= 15 is 0 Å². The van der Waals surface area contributed by atoms with Crippen LogP contribution in [0.1, 0.15) is 36.0 Å². The number of Topliss-reactive ketones (excluding diaryl/α,β-unsaturated/α-hetero) is 1. The molecule has 1 aromatic carbocycles. The molecule has 0 unspecified atom stereocenters. The van der Waals surface area contributed by atoms with E-state index in [1.165, 1.54) is 25.7 Å². The Bertz CT molecular complexity index is 452. The number of nitrogens with zero attached hydrogens (tertiary/aromatic N) is 1. The van der Waals surface area contributed by atoms with Crippen molar-refractivity contribution in [2.45, 2.75) is 31.7 Å². The number of rotatable bonds is 6. The summed E-state index contributed by atoms with van der Waals surface area (Å²) in [6.07, 6.45) is 5.25. The number of hydrogen-bond donors (Lipinski definition) is 0. The van der Waals surface area contributed by atoms with Gasteiger partial charge in [0.05, 0.1) is 6.54 Å². The van der Waals surface area contributed by atoms with Gasteiger partial charge >= 0.3 is 0 Å². The minimum atomic E-state index is 0.245. The van der Waals surface area contributed by atoms with Crippen molar-refractivity contribution in [1.29, 1.82) is 0 Å². The Balaban J connectivity index is 1.66. The van der Waals surface area contributed by atoms with Crippen LogP contribution in [0.15, 0.2) is 28.7 Å². The Labute approximate surface area is 116 Å². The molecule has 3 heteroatoms. The Morgan fingerprint density at radius 3 is 2.56 bits per heavy atom. The van der Waals surface area contributed by atoms with E-state index in [0.717, 1.165) is 22.5 Å². The van der Waals surface area contributed by atoms with Crippen LogP contribution in [0.3, 0.4) is 0 Å². The van der Waals surface area contributed by atoms with Crippen LogP contribution in [0, 0.1) is 5.92 Å². The largest absolute Gasteiger partial charge is 0.293 e. The molecular weight excluding hydrogens is 290 g/mol. The number of halogens is 1. The predicted molar refractivity (Wildman–Crippen MR) is 75.8 cm³/mol. The van der Waals surface area contributed by atoms with Gasteiger partial charge in [0.25, 0.3) is 0 Å². The van der Waals surface area contributed by atoms with Gasteiger partial charge < -0.3 is 0 Å². The lowest BCUT2D eigenvalue weighted by Gasteiger charge is -2.21. The quantitative estimate of drug-likeness (QED) is 0.750. The van der Waals surface area contributed by atoms with Crippen LogP contribution in [0.25, 0.3) is 0 Å². The Kier molecular flexibility index (Phi) is 3.53. The first-order valence-electron chi connectivity index (χ1n) is 6.76. The van der Waals surface area contributed by atoms with Gasteiger partial charge in [-0.2, -0.15) is 0 Å². The van der Waals surface area contributed by atoms with Gasteiger partial charge in [0.1, 0.15) is 0 Å². The molecule has 2 saturated carbocycles. The first-order valence-corrected chi connectivity index (χ1v) is 7.55. The smallest absolute Gasteiger partial charge is 0.177 e. The van der Waals surface area contributed by atoms with Gasteiger partial charge in [-0.05, 0) is 37.7 Å². The van der Waals surface area contributed by atoms with E-state index in [4.69, 9.17) is 0 Å². The van der Waals surface area contributed by atoms with Crippen LogP contribution in [-0.2, 0) is 0 Å². The topological polar surface area (TPSA) is 20.3 Å². The summed E-state index contributed by atoms with van der Waals surface area (Å²) in [6, 6.07) is 8.41. The molecule has 0 bridgehead atoms. The molecule has 0 N–H and O–H groups in total. The second-order valence-corrected chi connectivity index (χ2v) is 6.36. The fourth-order valence-corrected chi connectivity index (χ4v) is 2.88. The van der Waals surface area contributed by atoms with Gasteiger partial charge in [-0.3, -0.25) is 9.69 Å². The van der Waals surface area contributed by atoms with Crippen molar-refractivity contribution >= 4 is 21.7 Å². The van der Waals surface area contributed by atoms with Crippen LogP contribution < -0.4 is 0 Å². The monoisotopic (exact) mass is 307 g/mol. The molecule has 18 heavy (non-hydrogen) atoms. The summed E-state index contributed by atoms with van der Waals surface area (Å²) in [6.45, 7) is 1.71. The summed E-state index contributed by atoms with van der Waals surface area (Å²) < 4.78 is 0.914. The summed E-state index contributed by atoms with van der Waals surface area (Å²) in [5.41, 5.74) is 0.818. The molecule has 96 valence electrons. The average molecular weight is 308 g/mol. The molecule has 0 amide bonds. The third kappa shape index (κ3) is 3.01. The molecule has 3 rings (SSSR count). The molecule has 2 fully saturated rings. The standard InChI is InChI=1S/C15H18BrNO/c16-14-4-2-1-3-13(14)15(18)10-17(12-7-8-12)9-11-5-6-11/h1-4,11-12H,5-10H2. The third-order valence-corrected chi connectivity index (χ3v) is 4.47. The number of hydrogen-bond acceptors (Lipinski definition) is 2. The van der Waals surface area contributed by atoms with Crippen LogP contribution in [0.4, 0.5) is 0 Å². The summed E-state index contributed by atoms with van der Waals surface area (Å²) in [5, 5.41) is 0. The zero-order chi connectivity index (χ0) is 12.5. The minimum Gasteiger partial charge on any atom is -0.293 e. The number of ketones is 1. The van der Waals surface area contributed by atoms with Crippen molar-refractivity contribution in [3.05, 3.63) is 34.3 Å². The van der Waals surface area contributed by atoms with Gasteiger partial charge in [-0.1, -0.05) is 34.1 Å². The number of benzene rings is 1. The second kappa shape index (κ2) is 5.14. The predicted octanol–water partition coefficient (Wildman–Crippen LogP) is 3.51. The van der Waals surface area contributed by atoms with Crippen LogP contribution in [0.2, 0.25) is 0 Å².